The number of hydrogen-bond acceptors (Lipinski definition) is 6. The molecule has 156 valence electrons. The highest BCUT2D eigenvalue weighted by Gasteiger charge is 2.22. The van der Waals surface area contributed by atoms with Crippen LogP contribution < -0.4 is 19.5 Å². The van der Waals surface area contributed by atoms with E-state index in [0.717, 1.165) is 0 Å². The molecule has 0 amide bonds. The molecule has 0 aromatic heterocycles. The van der Waals surface area contributed by atoms with E-state index < -0.39 is 6.10 Å². The quantitative estimate of drug-likeness (QED) is 0.582. The first-order valence-electron chi connectivity index (χ1n) is 8.92. The number of aliphatic hydroxyl groups excluding tert-OH is 1. The van der Waals surface area contributed by atoms with Crippen LogP contribution in [0.5, 0.6) is 17.2 Å². The van der Waals surface area contributed by atoms with Gasteiger partial charge in [-0.2, -0.15) is 0 Å². The molecule has 0 saturated heterocycles. The van der Waals surface area contributed by atoms with Crippen molar-refractivity contribution in [3.8, 4) is 17.2 Å². The van der Waals surface area contributed by atoms with Crippen molar-refractivity contribution >= 4 is 18.2 Å². The third-order valence-electron chi connectivity index (χ3n) is 3.67. The second-order valence-corrected chi connectivity index (χ2v) is 7.82. The molecule has 0 aliphatic carbocycles. The molecule has 0 saturated carbocycles. The van der Waals surface area contributed by atoms with Gasteiger partial charge in [0.1, 0.15) is 35.5 Å². The summed E-state index contributed by atoms with van der Waals surface area (Å²) in [5.41, 5.74) is 0.288. The van der Waals surface area contributed by atoms with Crippen LogP contribution in [-0.4, -0.2) is 49.9 Å². The maximum Gasteiger partial charge on any atom is 0.170 e. The minimum Gasteiger partial charge on any atom is -0.496 e. The molecule has 0 fully saturated rings. The van der Waals surface area contributed by atoms with Crippen LogP contribution in [0.3, 0.4) is 0 Å². The summed E-state index contributed by atoms with van der Waals surface area (Å²) in [6.07, 6.45) is -0.327. The second-order valence-electron chi connectivity index (χ2n) is 7.82. The van der Waals surface area contributed by atoms with E-state index in [9.17, 15) is 9.90 Å². The summed E-state index contributed by atoms with van der Waals surface area (Å²) in [6.45, 7) is 10.5. The summed E-state index contributed by atoms with van der Waals surface area (Å²) in [6, 6.07) is 3.32. The Balaban J connectivity index is 0.00000676. The Kier molecular flexibility index (Phi) is 10.7. The van der Waals surface area contributed by atoms with Gasteiger partial charge >= 0.3 is 0 Å². The number of benzene rings is 1. The average molecular weight is 404 g/mol. The van der Waals surface area contributed by atoms with Crippen LogP contribution in [0.4, 0.5) is 0 Å². The zero-order chi connectivity index (χ0) is 19.9. The summed E-state index contributed by atoms with van der Waals surface area (Å²) in [4.78, 5) is 12.7. The van der Waals surface area contributed by atoms with Crippen LogP contribution in [0.15, 0.2) is 12.1 Å². The van der Waals surface area contributed by atoms with Crippen LogP contribution in [0, 0.1) is 5.92 Å². The first-order chi connectivity index (χ1) is 12.1. The number of methoxy groups -OCH3 is 2. The highest BCUT2D eigenvalue weighted by Crippen LogP contribution is 2.35. The molecule has 0 aliphatic heterocycles. The molecule has 0 radical (unpaired) electrons. The number of β-amino-alcohol motifs (C(OH)–C–C–N with tert-alkyl or cyclic N) is 1. The molecule has 6 nitrogen and oxygen atoms in total. The lowest BCUT2D eigenvalue weighted by Crippen LogP contribution is -2.42. The highest BCUT2D eigenvalue weighted by atomic mass is 35.5. The Morgan fingerprint density at radius 2 is 1.74 bits per heavy atom. The third-order valence-corrected chi connectivity index (χ3v) is 3.67. The van der Waals surface area contributed by atoms with Crippen molar-refractivity contribution in [2.75, 3.05) is 27.4 Å². The van der Waals surface area contributed by atoms with Crippen molar-refractivity contribution in [3.63, 3.8) is 0 Å². The summed E-state index contributed by atoms with van der Waals surface area (Å²) >= 11 is 0. The first kappa shape index (κ1) is 25.5. The maximum atomic E-state index is 12.7. The van der Waals surface area contributed by atoms with Crippen LogP contribution in [0.25, 0.3) is 0 Å². The molecule has 0 aliphatic rings. The fourth-order valence-electron chi connectivity index (χ4n) is 2.38. The molecule has 2 N–H and O–H groups in total. The Morgan fingerprint density at radius 1 is 1.15 bits per heavy atom. The van der Waals surface area contributed by atoms with Gasteiger partial charge in [-0.1, -0.05) is 13.8 Å². The van der Waals surface area contributed by atoms with Crippen LogP contribution in [-0.2, 0) is 0 Å². The number of nitrogens with one attached hydrogen (secondary N) is 1. The van der Waals surface area contributed by atoms with Gasteiger partial charge in [0.25, 0.3) is 0 Å². The Bertz CT molecular complexity index is 599. The largest absolute Gasteiger partial charge is 0.496 e. The summed E-state index contributed by atoms with van der Waals surface area (Å²) in [5, 5.41) is 13.4. The predicted molar refractivity (Wildman–Crippen MR) is 110 cm³/mol. The number of carbonyl (C=O) groups excluding carboxylic acids is 1. The lowest BCUT2D eigenvalue weighted by Gasteiger charge is -2.23. The SMILES string of the molecule is COc1cc(OC)c(C(=O)CC(C)C)c(OC[C@H](O)CNC(C)(C)C)c1.Cl. The van der Waals surface area contributed by atoms with E-state index in [2.05, 4.69) is 5.32 Å². The van der Waals surface area contributed by atoms with Crippen molar-refractivity contribution in [2.45, 2.75) is 52.7 Å². The number of carbonyl (C=O) groups is 1. The maximum absolute atomic E-state index is 12.7. The van der Waals surface area contributed by atoms with Gasteiger partial charge in [-0.3, -0.25) is 4.79 Å². The minimum absolute atomic E-state index is 0. The van der Waals surface area contributed by atoms with Crippen LogP contribution >= 0.6 is 12.4 Å². The van der Waals surface area contributed by atoms with Crippen molar-refractivity contribution in [1.29, 1.82) is 0 Å². The third kappa shape index (κ3) is 8.82. The molecule has 7 heteroatoms. The van der Waals surface area contributed by atoms with Crippen molar-refractivity contribution in [1.82, 2.24) is 5.32 Å². The zero-order valence-corrected chi connectivity index (χ0v) is 18.2. The van der Waals surface area contributed by atoms with Crippen molar-refractivity contribution in [2.24, 2.45) is 5.92 Å². The summed E-state index contributed by atoms with van der Waals surface area (Å²) in [7, 11) is 3.04. The smallest absolute Gasteiger partial charge is 0.170 e. The van der Waals surface area contributed by atoms with Gasteiger partial charge in [0.2, 0.25) is 0 Å². The van der Waals surface area contributed by atoms with Crippen molar-refractivity contribution < 1.29 is 24.1 Å². The van der Waals surface area contributed by atoms with Gasteiger partial charge in [-0.05, 0) is 26.7 Å². The molecule has 27 heavy (non-hydrogen) atoms. The Labute approximate surface area is 169 Å². The molecular formula is C20H34ClNO5. The molecule has 1 rings (SSSR count). The Morgan fingerprint density at radius 3 is 2.22 bits per heavy atom. The normalized spacial score (nSPS) is 12.3. The predicted octanol–water partition coefficient (Wildman–Crippen LogP) is 3.48. The number of halogens is 1. The van der Waals surface area contributed by atoms with Crippen LogP contribution in [0.2, 0.25) is 0 Å². The number of hydrogen-bond donors (Lipinski definition) is 2. The van der Waals surface area contributed by atoms with E-state index in [1.165, 1.54) is 14.2 Å². The number of aliphatic hydroxyl groups is 1. The van der Waals surface area contributed by atoms with Gasteiger partial charge < -0.3 is 24.6 Å². The number of Topliss-reactive ketones (excluding diaryl/α,β-unsaturated/α-hetero) is 1. The Hall–Kier alpha value is -1.50. The molecule has 0 spiro atoms. The molecule has 1 atom stereocenters. The minimum atomic E-state index is -0.709. The number of ketones is 1. The molecular weight excluding hydrogens is 370 g/mol. The van der Waals surface area contributed by atoms with Gasteiger partial charge in [0.15, 0.2) is 5.78 Å². The lowest BCUT2D eigenvalue weighted by atomic mass is 9.99. The zero-order valence-electron chi connectivity index (χ0n) is 17.4. The van der Waals surface area contributed by atoms with Gasteiger partial charge in [-0.25, -0.2) is 0 Å². The lowest BCUT2D eigenvalue weighted by molar-refractivity contribution is 0.0918. The molecule has 0 bridgehead atoms. The first-order valence-corrected chi connectivity index (χ1v) is 8.92. The monoisotopic (exact) mass is 403 g/mol. The second kappa shape index (κ2) is 11.4. The highest BCUT2D eigenvalue weighted by molar-refractivity contribution is 6.01. The average Bonchev–Trinajstić information content (AvgIpc) is 2.55. The van der Waals surface area contributed by atoms with Gasteiger partial charge in [0.05, 0.1) is 14.2 Å². The number of rotatable bonds is 10. The van der Waals surface area contributed by atoms with E-state index in [1.807, 2.05) is 34.6 Å². The molecule has 1 aromatic carbocycles. The van der Waals surface area contributed by atoms with E-state index in [0.29, 0.717) is 35.8 Å². The number of ether oxygens (including phenoxy) is 3. The fraction of sp³-hybridized carbons (Fsp3) is 0.650. The van der Waals surface area contributed by atoms with Gasteiger partial charge in [-0.15, -0.1) is 12.4 Å². The standard InChI is InChI=1S/C20H33NO5.ClH/c1-13(2)8-16(23)19-17(25-7)9-15(24-6)10-18(19)26-12-14(22)11-21-20(3,4)5;/h9-10,13-14,21-22H,8,11-12H2,1-7H3;1H/t14-;/m1./s1. The fourth-order valence-corrected chi connectivity index (χ4v) is 2.38. The molecule has 1 aromatic rings. The van der Waals surface area contributed by atoms with E-state index in [1.54, 1.807) is 12.1 Å². The summed E-state index contributed by atoms with van der Waals surface area (Å²) < 4.78 is 16.4. The molecule has 0 unspecified atom stereocenters. The van der Waals surface area contributed by atoms with Crippen LogP contribution in [0.1, 0.15) is 51.4 Å². The van der Waals surface area contributed by atoms with E-state index in [4.69, 9.17) is 14.2 Å². The van der Waals surface area contributed by atoms with Gasteiger partial charge in [0, 0.05) is 30.6 Å². The van der Waals surface area contributed by atoms with E-state index in [-0.39, 0.29) is 36.3 Å². The van der Waals surface area contributed by atoms with Crippen molar-refractivity contribution in [3.05, 3.63) is 17.7 Å². The summed E-state index contributed by atoms with van der Waals surface area (Å²) in [5.74, 6) is 1.45. The van der Waals surface area contributed by atoms with E-state index >= 15 is 0 Å². The molecule has 0 heterocycles. The topological polar surface area (TPSA) is 77.0 Å².